The van der Waals surface area contributed by atoms with Gasteiger partial charge in [-0.25, -0.2) is 0 Å². The molecule has 2 N–H and O–H groups in total. The lowest BCUT2D eigenvalue weighted by Crippen LogP contribution is -2.11. The second kappa shape index (κ2) is 6.36. The lowest BCUT2D eigenvalue weighted by Gasteiger charge is -2.15. The fraction of sp³-hybridized carbons (Fsp3) is 0.571. The number of hydrogen-bond donors (Lipinski definition) is 1. The molecular weight excluding hydrogens is 226 g/mol. The predicted molar refractivity (Wildman–Crippen MR) is 71.0 cm³/mol. The lowest BCUT2D eigenvalue weighted by atomic mass is 9.90. The molecule has 98 valence electrons. The van der Waals surface area contributed by atoms with Crippen molar-refractivity contribution in [3.63, 3.8) is 0 Å². The van der Waals surface area contributed by atoms with Gasteiger partial charge in [0, 0.05) is 12.2 Å². The SMILES string of the molecule is Cc1ccc(OCCCC(C)(C)C#N)c(CN)n1. The molecule has 0 aliphatic heterocycles. The second-order valence-electron chi connectivity index (χ2n) is 5.05. The Kier molecular flexibility index (Phi) is 5.11. The van der Waals surface area contributed by atoms with Crippen LogP contribution in [0.2, 0.25) is 0 Å². The number of nitrogens with zero attached hydrogens (tertiary/aromatic N) is 2. The van der Waals surface area contributed by atoms with Gasteiger partial charge >= 0.3 is 0 Å². The number of ether oxygens (including phenoxy) is 1. The van der Waals surface area contributed by atoms with E-state index in [-0.39, 0.29) is 5.41 Å². The maximum atomic E-state index is 8.91. The van der Waals surface area contributed by atoms with E-state index >= 15 is 0 Å². The van der Waals surface area contributed by atoms with E-state index in [1.807, 2.05) is 32.9 Å². The van der Waals surface area contributed by atoms with Crippen molar-refractivity contribution in [3.05, 3.63) is 23.5 Å². The smallest absolute Gasteiger partial charge is 0.142 e. The highest BCUT2D eigenvalue weighted by Gasteiger charge is 2.15. The summed E-state index contributed by atoms with van der Waals surface area (Å²) in [6.07, 6.45) is 1.67. The maximum Gasteiger partial charge on any atom is 0.142 e. The molecule has 0 aliphatic rings. The molecule has 0 saturated carbocycles. The van der Waals surface area contributed by atoms with Crippen LogP contribution in [0.4, 0.5) is 0 Å². The summed E-state index contributed by atoms with van der Waals surface area (Å²) < 4.78 is 5.67. The number of aromatic nitrogens is 1. The quantitative estimate of drug-likeness (QED) is 0.784. The minimum Gasteiger partial charge on any atom is -0.492 e. The summed E-state index contributed by atoms with van der Waals surface area (Å²) in [5, 5.41) is 8.91. The van der Waals surface area contributed by atoms with Crippen LogP contribution in [0.25, 0.3) is 0 Å². The highest BCUT2D eigenvalue weighted by molar-refractivity contribution is 5.29. The van der Waals surface area contributed by atoms with Gasteiger partial charge in [0.2, 0.25) is 0 Å². The topological polar surface area (TPSA) is 71.9 Å². The van der Waals surface area contributed by atoms with Crippen LogP contribution in [0, 0.1) is 23.7 Å². The predicted octanol–water partition coefficient (Wildman–Crippen LogP) is 2.56. The van der Waals surface area contributed by atoms with E-state index in [1.54, 1.807) is 0 Å². The van der Waals surface area contributed by atoms with Crippen LogP contribution in [-0.4, -0.2) is 11.6 Å². The Morgan fingerprint density at radius 1 is 1.44 bits per heavy atom. The average molecular weight is 247 g/mol. The summed E-state index contributed by atoms with van der Waals surface area (Å²) in [5.74, 6) is 0.748. The van der Waals surface area contributed by atoms with Crippen molar-refractivity contribution in [2.45, 2.75) is 40.2 Å². The van der Waals surface area contributed by atoms with Crippen molar-refractivity contribution in [3.8, 4) is 11.8 Å². The Hall–Kier alpha value is -1.60. The minimum atomic E-state index is -0.286. The van der Waals surface area contributed by atoms with Gasteiger partial charge in [0.25, 0.3) is 0 Å². The van der Waals surface area contributed by atoms with Crippen molar-refractivity contribution in [1.29, 1.82) is 5.26 Å². The molecule has 0 radical (unpaired) electrons. The summed E-state index contributed by atoms with van der Waals surface area (Å²) in [4.78, 5) is 4.33. The molecule has 0 atom stereocenters. The number of pyridine rings is 1. The molecule has 0 aromatic carbocycles. The van der Waals surface area contributed by atoms with E-state index in [9.17, 15) is 0 Å². The molecule has 0 aliphatic carbocycles. The third-order valence-corrected chi connectivity index (χ3v) is 2.77. The summed E-state index contributed by atoms with van der Waals surface area (Å²) >= 11 is 0. The Morgan fingerprint density at radius 3 is 2.78 bits per heavy atom. The van der Waals surface area contributed by atoms with E-state index in [4.69, 9.17) is 15.7 Å². The molecule has 4 heteroatoms. The Labute approximate surface area is 109 Å². The maximum absolute atomic E-state index is 8.91. The first-order valence-corrected chi connectivity index (χ1v) is 6.19. The number of rotatable bonds is 6. The number of hydrogen-bond acceptors (Lipinski definition) is 4. The van der Waals surface area contributed by atoms with Crippen molar-refractivity contribution in [1.82, 2.24) is 4.98 Å². The van der Waals surface area contributed by atoms with Crippen LogP contribution in [0.15, 0.2) is 12.1 Å². The number of nitrogens with two attached hydrogens (primary N) is 1. The van der Waals surface area contributed by atoms with E-state index < -0.39 is 0 Å². The van der Waals surface area contributed by atoms with Crippen LogP contribution in [0.5, 0.6) is 5.75 Å². The molecule has 0 unspecified atom stereocenters. The molecule has 1 aromatic heterocycles. The van der Waals surface area contributed by atoms with Gasteiger partial charge in [-0.2, -0.15) is 5.26 Å². The number of nitriles is 1. The summed E-state index contributed by atoms with van der Waals surface area (Å²) in [6.45, 7) is 6.76. The first kappa shape index (κ1) is 14.5. The van der Waals surface area contributed by atoms with Crippen LogP contribution in [-0.2, 0) is 6.54 Å². The fourth-order valence-corrected chi connectivity index (χ4v) is 1.63. The molecule has 0 amide bonds. The molecular formula is C14H21N3O. The van der Waals surface area contributed by atoms with Gasteiger partial charge in [-0.1, -0.05) is 0 Å². The van der Waals surface area contributed by atoms with Crippen LogP contribution in [0.1, 0.15) is 38.1 Å². The summed E-state index contributed by atoms with van der Waals surface area (Å²) in [7, 11) is 0. The number of aryl methyl sites for hydroxylation is 1. The van der Waals surface area contributed by atoms with Gasteiger partial charge in [0.15, 0.2) is 0 Å². The third-order valence-electron chi connectivity index (χ3n) is 2.77. The van der Waals surface area contributed by atoms with E-state index in [1.165, 1.54) is 0 Å². The van der Waals surface area contributed by atoms with Crippen LogP contribution >= 0.6 is 0 Å². The fourth-order valence-electron chi connectivity index (χ4n) is 1.63. The summed E-state index contributed by atoms with van der Waals surface area (Å²) in [6, 6.07) is 6.10. The largest absolute Gasteiger partial charge is 0.492 e. The van der Waals surface area contributed by atoms with Gasteiger partial charge < -0.3 is 10.5 Å². The van der Waals surface area contributed by atoms with Gasteiger partial charge in [-0.15, -0.1) is 0 Å². The van der Waals surface area contributed by atoms with Crippen LogP contribution in [0.3, 0.4) is 0 Å². The normalized spacial score (nSPS) is 11.1. The Bertz CT molecular complexity index is 435. The summed E-state index contributed by atoms with van der Waals surface area (Å²) in [5.41, 5.74) is 7.07. The standard InChI is InChI=1S/C14H21N3O/c1-11-5-6-13(12(9-15)17-11)18-8-4-7-14(2,3)10-16/h5-6H,4,7-9,15H2,1-3H3. The van der Waals surface area contributed by atoms with E-state index in [0.29, 0.717) is 13.2 Å². The van der Waals surface area contributed by atoms with Crippen molar-refractivity contribution in [2.75, 3.05) is 6.61 Å². The zero-order valence-corrected chi connectivity index (χ0v) is 11.4. The first-order chi connectivity index (χ1) is 8.48. The van der Waals surface area contributed by atoms with Gasteiger partial charge in [0.05, 0.1) is 23.8 Å². The molecule has 0 saturated heterocycles. The molecule has 0 spiro atoms. The van der Waals surface area contributed by atoms with E-state index in [2.05, 4.69) is 11.1 Å². The average Bonchev–Trinajstić information content (AvgIpc) is 2.36. The minimum absolute atomic E-state index is 0.286. The van der Waals surface area contributed by atoms with Crippen molar-refractivity contribution >= 4 is 0 Å². The zero-order chi connectivity index (χ0) is 13.6. The highest BCUT2D eigenvalue weighted by Crippen LogP contribution is 2.22. The third kappa shape index (κ3) is 4.34. The molecule has 1 heterocycles. The molecule has 0 fully saturated rings. The lowest BCUT2D eigenvalue weighted by molar-refractivity contribution is 0.280. The van der Waals surface area contributed by atoms with Gasteiger partial charge in [-0.3, -0.25) is 4.98 Å². The van der Waals surface area contributed by atoms with Crippen LogP contribution < -0.4 is 10.5 Å². The first-order valence-electron chi connectivity index (χ1n) is 6.19. The monoisotopic (exact) mass is 247 g/mol. The van der Waals surface area contributed by atoms with Crippen molar-refractivity contribution < 1.29 is 4.74 Å². The van der Waals surface area contributed by atoms with Gasteiger partial charge in [-0.05, 0) is 45.7 Å². The Balaban J connectivity index is 2.47. The highest BCUT2D eigenvalue weighted by atomic mass is 16.5. The molecule has 1 rings (SSSR count). The molecule has 18 heavy (non-hydrogen) atoms. The molecule has 1 aromatic rings. The molecule has 4 nitrogen and oxygen atoms in total. The van der Waals surface area contributed by atoms with E-state index in [0.717, 1.165) is 30.0 Å². The second-order valence-corrected chi connectivity index (χ2v) is 5.05. The van der Waals surface area contributed by atoms with Gasteiger partial charge in [0.1, 0.15) is 5.75 Å². The van der Waals surface area contributed by atoms with Crippen molar-refractivity contribution in [2.24, 2.45) is 11.1 Å². The Morgan fingerprint density at radius 2 is 2.17 bits per heavy atom. The zero-order valence-electron chi connectivity index (χ0n) is 11.4. The molecule has 0 bridgehead atoms.